The lowest BCUT2D eigenvalue weighted by Gasteiger charge is -2.05. The fourth-order valence-corrected chi connectivity index (χ4v) is 4.46. The molecule has 1 heterocycles. The molecule has 1 amide bonds. The molecule has 3 aromatic rings. The van der Waals surface area contributed by atoms with Crippen LogP contribution >= 0.6 is 46.9 Å². The van der Waals surface area contributed by atoms with Gasteiger partial charge in [0.05, 0.1) is 11.4 Å². The van der Waals surface area contributed by atoms with E-state index in [1.54, 1.807) is 41.1 Å². The molecule has 2 aromatic carbocycles. The van der Waals surface area contributed by atoms with Crippen molar-refractivity contribution in [3.63, 3.8) is 0 Å². The standard InChI is InChI=1S/C18H14ClN3O2S3/c1-11(23)12-2-6-14(7-3-12)20-16(24)10-26-17-21-22(18(25)27-17)15-8-4-13(19)5-9-15/h2-9H,10H2,1H3,(H,20,24). The van der Waals surface area contributed by atoms with Crippen molar-refractivity contribution < 1.29 is 9.59 Å². The van der Waals surface area contributed by atoms with Gasteiger partial charge in [0.2, 0.25) is 5.91 Å². The van der Waals surface area contributed by atoms with Crippen molar-refractivity contribution in [3.05, 3.63) is 63.1 Å². The average molecular weight is 436 g/mol. The summed E-state index contributed by atoms with van der Waals surface area (Å²) >= 11 is 13.9. The van der Waals surface area contributed by atoms with Crippen LogP contribution in [0.25, 0.3) is 5.69 Å². The number of nitrogens with one attached hydrogen (secondary N) is 1. The average Bonchev–Trinajstić information content (AvgIpc) is 3.02. The van der Waals surface area contributed by atoms with Crippen LogP contribution in [0, 0.1) is 3.95 Å². The molecule has 1 N–H and O–H groups in total. The largest absolute Gasteiger partial charge is 0.325 e. The maximum Gasteiger partial charge on any atom is 0.234 e. The van der Waals surface area contributed by atoms with E-state index in [0.29, 0.717) is 24.6 Å². The van der Waals surface area contributed by atoms with Gasteiger partial charge in [0.25, 0.3) is 0 Å². The Balaban J connectivity index is 1.60. The van der Waals surface area contributed by atoms with Crippen molar-refractivity contribution in [2.75, 3.05) is 11.1 Å². The second kappa shape index (κ2) is 8.79. The van der Waals surface area contributed by atoms with Crippen LogP contribution < -0.4 is 5.32 Å². The summed E-state index contributed by atoms with van der Waals surface area (Å²) in [4.78, 5) is 23.4. The van der Waals surface area contributed by atoms with E-state index in [1.165, 1.54) is 30.0 Å². The number of Topliss-reactive ketones (excluding diaryl/α,β-unsaturated/α-hetero) is 1. The summed E-state index contributed by atoms with van der Waals surface area (Å²) in [6.45, 7) is 1.50. The van der Waals surface area contributed by atoms with Crippen molar-refractivity contribution >= 4 is 64.3 Å². The molecule has 0 saturated carbocycles. The van der Waals surface area contributed by atoms with Crippen molar-refractivity contribution in [2.24, 2.45) is 0 Å². The minimum Gasteiger partial charge on any atom is -0.325 e. The van der Waals surface area contributed by atoms with E-state index >= 15 is 0 Å². The van der Waals surface area contributed by atoms with Gasteiger partial charge in [0.1, 0.15) is 0 Å². The molecule has 1 aromatic heterocycles. The summed E-state index contributed by atoms with van der Waals surface area (Å²) in [5.41, 5.74) is 2.07. The zero-order valence-corrected chi connectivity index (χ0v) is 17.3. The molecule has 9 heteroatoms. The van der Waals surface area contributed by atoms with Gasteiger partial charge in [-0.3, -0.25) is 9.59 Å². The number of rotatable bonds is 6. The molecule has 0 radical (unpaired) electrons. The van der Waals surface area contributed by atoms with Gasteiger partial charge in [-0.25, -0.2) is 4.68 Å². The molecular formula is C18H14ClN3O2S3. The highest BCUT2D eigenvalue weighted by molar-refractivity contribution is 8.01. The highest BCUT2D eigenvalue weighted by atomic mass is 35.5. The maximum absolute atomic E-state index is 12.1. The third kappa shape index (κ3) is 5.26. The Morgan fingerprint density at radius 3 is 2.48 bits per heavy atom. The third-order valence-corrected chi connectivity index (χ3v) is 6.12. The Morgan fingerprint density at radius 2 is 1.85 bits per heavy atom. The van der Waals surface area contributed by atoms with E-state index in [2.05, 4.69) is 10.4 Å². The van der Waals surface area contributed by atoms with Crippen LogP contribution in [-0.2, 0) is 4.79 Å². The van der Waals surface area contributed by atoms with Gasteiger partial charge < -0.3 is 5.32 Å². The number of benzene rings is 2. The van der Waals surface area contributed by atoms with Crippen molar-refractivity contribution in [2.45, 2.75) is 11.3 Å². The topological polar surface area (TPSA) is 64.0 Å². The highest BCUT2D eigenvalue weighted by Crippen LogP contribution is 2.25. The Bertz CT molecular complexity index is 1030. The highest BCUT2D eigenvalue weighted by Gasteiger charge is 2.10. The predicted octanol–water partition coefficient (Wildman–Crippen LogP) is 5.25. The van der Waals surface area contributed by atoms with Gasteiger partial charge in [-0.05, 0) is 67.7 Å². The van der Waals surface area contributed by atoms with Crippen molar-refractivity contribution in [3.8, 4) is 5.69 Å². The van der Waals surface area contributed by atoms with Gasteiger partial charge in [-0.2, -0.15) is 0 Å². The minimum atomic E-state index is -0.158. The lowest BCUT2D eigenvalue weighted by molar-refractivity contribution is -0.113. The van der Waals surface area contributed by atoms with Gasteiger partial charge in [-0.15, -0.1) is 5.10 Å². The summed E-state index contributed by atoms with van der Waals surface area (Å²) in [5, 5.41) is 7.89. The molecule has 0 aliphatic rings. The number of hydrogen-bond acceptors (Lipinski definition) is 6. The number of carbonyl (C=O) groups excluding carboxylic acids is 2. The number of amides is 1. The lowest BCUT2D eigenvalue weighted by Crippen LogP contribution is -2.14. The third-order valence-electron chi connectivity index (χ3n) is 3.50. The van der Waals surface area contributed by atoms with Crippen LogP contribution in [0.2, 0.25) is 5.02 Å². The zero-order valence-electron chi connectivity index (χ0n) is 14.1. The van der Waals surface area contributed by atoms with Crippen LogP contribution in [0.5, 0.6) is 0 Å². The molecule has 0 bridgehead atoms. The first-order chi connectivity index (χ1) is 12.9. The summed E-state index contributed by atoms with van der Waals surface area (Å²) < 4.78 is 2.95. The summed E-state index contributed by atoms with van der Waals surface area (Å²) in [7, 11) is 0. The van der Waals surface area contributed by atoms with E-state index in [4.69, 9.17) is 23.8 Å². The predicted molar refractivity (Wildman–Crippen MR) is 113 cm³/mol. The monoisotopic (exact) mass is 435 g/mol. The van der Waals surface area contributed by atoms with Gasteiger partial charge in [-0.1, -0.05) is 34.7 Å². The molecule has 0 fully saturated rings. The fraction of sp³-hybridized carbons (Fsp3) is 0.111. The molecule has 0 spiro atoms. The van der Waals surface area contributed by atoms with Crippen LogP contribution in [0.4, 0.5) is 5.69 Å². The van der Waals surface area contributed by atoms with Gasteiger partial charge in [0, 0.05) is 16.3 Å². The number of hydrogen-bond donors (Lipinski definition) is 1. The smallest absolute Gasteiger partial charge is 0.234 e. The summed E-state index contributed by atoms with van der Waals surface area (Å²) in [6.07, 6.45) is 0. The van der Waals surface area contributed by atoms with E-state index in [9.17, 15) is 9.59 Å². The van der Waals surface area contributed by atoms with Crippen molar-refractivity contribution in [1.82, 2.24) is 9.78 Å². The second-order valence-corrected chi connectivity index (χ2v) is 8.77. The van der Waals surface area contributed by atoms with E-state index in [-0.39, 0.29) is 17.4 Å². The molecule has 27 heavy (non-hydrogen) atoms. The van der Waals surface area contributed by atoms with Gasteiger partial charge >= 0.3 is 0 Å². The van der Waals surface area contributed by atoms with E-state index in [1.807, 2.05) is 12.1 Å². The number of carbonyl (C=O) groups is 2. The Labute approximate surface area is 174 Å². The number of aromatic nitrogens is 2. The first kappa shape index (κ1) is 19.8. The second-order valence-electron chi connectivity index (χ2n) is 5.49. The first-order valence-corrected chi connectivity index (χ1v) is 10.4. The molecule has 0 unspecified atom stereocenters. The molecule has 0 aliphatic heterocycles. The van der Waals surface area contributed by atoms with Crippen LogP contribution in [0.3, 0.4) is 0 Å². The normalized spacial score (nSPS) is 10.6. The van der Waals surface area contributed by atoms with E-state index in [0.717, 1.165) is 5.69 Å². The Kier molecular flexibility index (Phi) is 6.43. The van der Waals surface area contributed by atoms with E-state index < -0.39 is 0 Å². The first-order valence-electron chi connectivity index (χ1n) is 7.82. The molecular weight excluding hydrogens is 422 g/mol. The Morgan fingerprint density at radius 1 is 1.19 bits per heavy atom. The zero-order chi connectivity index (χ0) is 19.4. The molecule has 138 valence electrons. The molecule has 0 aliphatic carbocycles. The summed E-state index contributed by atoms with van der Waals surface area (Å²) in [5.74, 6) is 0.0350. The number of halogens is 1. The maximum atomic E-state index is 12.1. The fourth-order valence-electron chi connectivity index (χ4n) is 2.18. The SMILES string of the molecule is CC(=O)c1ccc(NC(=O)CSc2nn(-c3ccc(Cl)cc3)c(=S)s2)cc1. The van der Waals surface area contributed by atoms with Crippen LogP contribution in [-0.4, -0.2) is 27.2 Å². The quantitative estimate of drug-likeness (QED) is 0.325. The van der Waals surface area contributed by atoms with Crippen LogP contribution in [0.1, 0.15) is 17.3 Å². The number of nitrogens with zero attached hydrogens (tertiary/aromatic N) is 2. The molecule has 5 nitrogen and oxygen atoms in total. The summed E-state index contributed by atoms with van der Waals surface area (Å²) in [6, 6.07) is 14.0. The number of thioether (sulfide) groups is 1. The van der Waals surface area contributed by atoms with Crippen LogP contribution in [0.15, 0.2) is 52.9 Å². The van der Waals surface area contributed by atoms with Crippen molar-refractivity contribution in [1.29, 1.82) is 0 Å². The lowest BCUT2D eigenvalue weighted by atomic mass is 10.1. The Hall–Kier alpha value is -2.00. The minimum absolute atomic E-state index is 0.0130. The molecule has 0 saturated heterocycles. The number of anilines is 1. The number of ketones is 1. The molecule has 3 rings (SSSR count). The van der Waals surface area contributed by atoms with Gasteiger partial charge in [0.15, 0.2) is 14.1 Å². The molecule has 0 atom stereocenters.